The van der Waals surface area contributed by atoms with Gasteiger partial charge in [-0.05, 0) is 36.0 Å². The van der Waals surface area contributed by atoms with Crippen molar-refractivity contribution in [3.05, 3.63) is 70.4 Å². The third-order valence-electron chi connectivity index (χ3n) is 3.58. The summed E-state index contributed by atoms with van der Waals surface area (Å²) in [7, 11) is 1.63. The zero-order valence-corrected chi connectivity index (χ0v) is 14.0. The molecule has 0 aromatic heterocycles. The molecule has 0 saturated carbocycles. The summed E-state index contributed by atoms with van der Waals surface area (Å²) in [5, 5.41) is 9.63. The number of carbonyl (C=O) groups excluding carboxylic acids is 1. The Bertz CT molecular complexity index is 924. The van der Waals surface area contributed by atoms with Crippen molar-refractivity contribution in [1.82, 2.24) is 0 Å². The van der Waals surface area contributed by atoms with Crippen LogP contribution in [0.4, 0.5) is 10.1 Å². The van der Waals surface area contributed by atoms with E-state index in [4.69, 9.17) is 0 Å². The van der Waals surface area contributed by atoms with E-state index in [1.165, 1.54) is 23.1 Å². The number of thioether (sulfide) groups is 1. The summed E-state index contributed by atoms with van der Waals surface area (Å²) in [5.41, 5.74) is 0.817. The van der Waals surface area contributed by atoms with Crippen molar-refractivity contribution < 1.29 is 19.1 Å². The number of hydrogen-bond acceptors (Lipinski definition) is 4. The van der Waals surface area contributed by atoms with Crippen LogP contribution in [0.1, 0.15) is 15.9 Å². The number of carboxylic acid groups (broad SMARTS) is 1. The second kappa shape index (κ2) is 6.90. The van der Waals surface area contributed by atoms with Gasteiger partial charge in [-0.25, -0.2) is 9.18 Å². The number of aliphatic imine (C=N–C) groups is 1. The molecule has 1 heterocycles. The number of rotatable bonds is 3. The lowest BCUT2D eigenvalue weighted by atomic mass is 10.1. The summed E-state index contributed by atoms with van der Waals surface area (Å²) >= 11 is 1.07. The lowest BCUT2D eigenvalue weighted by Gasteiger charge is -2.19. The molecule has 1 aliphatic rings. The number of benzene rings is 2. The van der Waals surface area contributed by atoms with Crippen LogP contribution in [0.25, 0.3) is 6.08 Å². The second-order valence-corrected chi connectivity index (χ2v) is 6.22. The highest BCUT2D eigenvalue weighted by Crippen LogP contribution is 2.33. The molecule has 0 aliphatic carbocycles. The van der Waals surface area contributed by atoms with Gasteiger partial charge in [0.05, 0.1) is 16.2 Å². The monoisotopic (exact) mass is 356 g/mol. The Hall–Kier alpha value is -2.93. The first-order valence-electron chi connectivity index (χ1n) is 7.30. The third-order valence-corrected chi connectivity index (χ3v) is 4.64. The van der Waals surface area contributed by atoms with Crippen molar-refractivity contribution in [2.24, 2.45) is 4.99 Å². The number of carboxylic acids is 1. The standard InChI is InChI=1S/C18H13FN2O3S/c1-21(14-9-5-3-7-12(14)17(23)24)18-20-16(22)15(25-18)10-11-6-2-4-8-13(11)19/h2-10H,1H3,(H,23,24)/b15-10-. The molecule has 25 heavy (non-hydrogen) atoms. The van der Waals surface area contributed by atoms with Gasteiger partial charge < -0.3 is 10.0 Å². The van der Waals surface area contributed by atoms with E-state index in [0.717, 1.165) is 11.8 Å². The van der Waals surface area contributed by atoms with E-state index in [2.05, 4.69) is 4.99 Å². The Kier molecular flexibility index (Phi) is 4.67. The molecule has 2 aromatic rings. The molecule has 5 nitrogen and oxygen atoms in total. The van der Waals surface area contributed by atoms with Crippen LogP contribution in [-0.2, 0) is 4.79 Å². The molecule has 0 saturated heterocycles. The van der Waals surface area contributed by atoms with Gasteiger partial charge in [0, 0.05) is 12.6 Å². The predicted octanol–water partition coefficient (Wildman–Crippen LogP) is 3.63. The van der Waals surface area contributed by atoms with Crippen LogP contribution in [0.3, 0.4) is 0 Å². The van der Waals surface area contributed by atoms with Crippen molar-refractivity contribution in [2.45, 2.75) is 0 Å². The average molecular weight is 356 g/mol. The zero-order chi connectivity index (χ0) is 18.0. The van der Waals surface area contributed by atoms with Crippen molar-refractivity contribution in [1.29, 1.82) is 0 Å². The molecule has 0 radical (unpaired) electrons. The molecule has 3 rings (SSSR count). The quantitative estimate of drug-likeness (QED) is 0.851. The van der Waals surface area contributed by atoms with Crippen molar-refractivity contribution in [2.75, 3.05) is 11.9 Å². The maximum absolute atomic E-state index is 13.8. The zero-order valence-electron chi connectivity index (χ0n) is 13.1. The van der Waals surface area contributed by atoms with Crippen LogP contribution >= 0.6 is 11.8 Å². The fraction of sp³-hybridized carbons (Fsp3) is 0.0556. The van der Waals surface area contributed by atoms with E-state index in [1.54, 1.807) is 43.4 Å². The number of aromatic carboxylic acids is 1. The molecular weight excluding hydrogens is 343 g/mol. The summed E-state index contributed by atoms with van der Waals surface area (Å²) in [5.74, 6) is -1.98. The molecule has 1 N–H and O–H groups in total. The summed E-state index contributed by atoms with van der Waals surface area (Å²) in [6.07, 6.45) is 1.44. The maximum atomic E-state index is 13.8. The minimum absolute atomic E-state index is 0.104. The summed E-state index contributed by atoms with van der Waals surface area (Å²) in [4.78, 5) is 29.2. The third kappa shape index (κ3) is 3.46. The van der Waals surface area contributed by atoms with Crippen LogP contribution in [0, 0.1) is 5.82 Å². The predicted molar refractivity (Wildman–Crippen MR) is 96.2 cm³/mol. The SMILES string of the molecule is CN(C1=NC(=O)/C(=C/c2ccccc2F)S1)c1ccccc1C(=O)O. The van der Waals surface area contributed by atoms with Gasteiger partial charge in [-0.1, -0.05) is 30.3 Å². The second-order valence-electron chi connectivity index (χ2n) is 5.21. The first kappa shape index (κ1) is 16.9. The molecule has 1 aliphatic heterocycles. The number of nitrogens with zero attached hydrogens (tertiary/aromatic N) is 2. The van der Waals surface area contributed by atoms with Gasteiger partial charge in [-0.3, -0.25) is 4.79 Å². The fourth-order valence-corrected chi connectivity index (χ4v) is 3.20. The Labute approximate surface area is 147 Å². The lowest BCUT2D eigenvalue weighted by molar-refractivity contribution is -0.113. The molecule has 0 fully saturated rings. The van der Waals surface area contributed by atoms with Crippen molar-refractivity contribution in [3.63, 3.8) is 0 Å². The maximum Gasteiger partial charge on any atom is 0.337 e. The number of halogens is 1. The average Bonchev–Trinajstić information content (AvgIpc) is 2.97. The van der Waals surface area contributed by atoms with Crippen LogP contribution in [0.5, 0.6) is 0 Å². The first-order chi connectivity index (χ1) is 12.0. The van der Waals surface area contributed by atoms with E-state index < -0.39 is 17.7 Å². The molecule has 1 amide bonds. The highest BCUT2D eigenvalue weighted by Gasteiger charge is 2.27. The summed E-state index contributed by atoms with van der Waals surface area (Å²) in [6, 6.07) is 12.6. The van der Waals surface area contributed by atoms with E-state index in [9.17, 15) is 19.1 Å². The van der Waals surface area contributed by atoms with Gasteiger partial charge in [0.25, 0.3) is 5.91 Å². The molecule has 2 aromatic carbocycles. The number of carbonyl (C=O) groups is 2. The number of amidine groups is 1. The number of anilines is 1. The number of hydrogen-bond donors (Lipinski definition) is 1. The molecule has 0 unspecified atom stereocenters. The summed E-state index contributed by atoms with van der Waals surface area (Å²) in [6.45, 7) is 0. The molecular formula is C18H13FN2O3S. The van der Waals surface area contributed by atoms with Gasteiger partial charge in [0.15, 0.2) is 5.17 Å². The van der Waals surface area contributed by atoms with Gasteiger partial charge >= 0.3 is 5.97 Å². The minimum Gasteiger partial charge on any atom is -0.478 e. The molecule has 126 valence electrons. The van der Waals surface area contributed by atoms with E-state index in [-0.39, 0.29) is 10.5 Å². The van der Waals surface area contributed by atoms with Crippen LogP contribution in [-0.4, -0.2) is 29.2 Å². The van der Waals surface area contributed by atoms with Gasteiger partial charge in [0.1, 0.15) is 5.82 Å². The summed E-state index contributed by atoms with van der Waals surface area (Å²) < 4.78 is 13.8. The van der Waals surface area contributed by atoms with Gasteiger partial charge in [-0.2, -0.15) is 4.99 Å². The molecule has 0 bridgehead atoms. The first-order valence-corrected chi connectivity index (χ1v) is 8.12. The largest absolute Gasteiger partial charge is 0.478 e. The Morgan fingerprint density at radius 1 is 1.20 bits per heavy atom. The molecule has 0 spiro atoms. The lowest BCUT2D eigenvalue weighted by Crippen LogP contribution is -2.24. The highest BCUT2D eigenvalue weighted by molar-refractivity contribution is 8.18. The van der Waals surface area contributed by atoms with Crippen molar-refractivity contribution >= 4 is 40.6 Å². The van der Waals surface area contributed by atoms with E-state index in [0.29, 0.717) is 16.4 Å². The van der Waals surface area contributed by atoms with Gasteiger partial charge in [-0.15, -0.1) is 0 Å². The highest BCUT2D eigenvalue weighted by atomic mass is 32.2. The topological polar surface area (TPSA) is 70.0 Å². The van der Waals surface area contributed by atoms with Crippen LogP contribution in [0.15, 0.2) is 58.4 Å². The minimum atomic E-state index is -1.07. The Morgan fingerprint density at radius 2 is 1.88 bits per heavy atom. The van der Waals surface area contributed by atoms with Gasteiger partial charge in [0.2, 0.25) is 0 Å². The number of amides is 1. The van der Waals surface area contributed by atoms with Crippen molar-refractivity contribution in [3.8, 4) is 0 Å². The Balaban J connectivity index is 1.89. The number of para-hydroxylation sites is 1. The smallest absolute Gasteiger partial charge is 0.337 e. The normalized spacial score (nSPS) is 15.4. The molecule has 7 heteroatoms. The molecule has 0 atom stereocenters. The van der Waals surface area contributed by atoms with E-state index >= 15 is 0 Å². The fourth-order valence-electron chi connectivity index (χ4n) is 2.32. The van der Waals surface area contributed by atoms with Crippen LogP contribution in [0.2, 0.25) is 0 Å². The Morgan fingerprint density at radius 3 is 2.60 bits per heavy atom. The van der Waals surface area contributed by atoms with E-state index in [1.807, 2.05) is 0 Å². The van der Waals surface area contributed by atoms with Crippen LogP contribution < -0.4 is 4.90 Å².